The number of nitrogens with zero attached hydrogens (tertiary/aromatic N) is 2. The van der Waals surface area contributed by atoms with Crippen LogP contribution in [-0.4, -0.2) is 60.4 Å². The van der Waals surface area contributed by atoms with Crippen LogP contribution in [0.25, 0.3) is 0 Å². The first-order chi connectivity index (χ1) is 12.1. The number of likely N-dealkylation sites (tertiary alicyclic amines) is 2. The zero-order valence-electron chi connectivity index (χ0n) is 15.5. The molecule has 2 saturated heterocycles. The monoisotopic (exact) mass is 347 g/mol. The SMILES string of the molecule is O=C(CN1CC[C@@]2(CCCN(CC3CCCCC3)C2=O)C1)NC1CC1. The Labute approximate surface area is 151 Å². The third-order valence-electron chi connectivity index (χ3n) is 6.77. The largest absolute Gasteiger partial charge is 0.352 e. The van der Waals surface area contributed by atoms with E-state index in [1.165, 1.54) is 32.1 Å². The molecule has 5 nitrogen and oxygen atoms in total. The summed E-state index contributed by atoms with van der Waals surface area (Å²) in [7, 11) is 0. The van der Waals surface area contributed by atoms with E-state index in [1.807, 2.05) is 0 Å². The second-order valence-electron chi connectivity index (χ2n) is 8.94. The van der Waals surface area contributed by atoms with Crippen LogP contribution in [0.3, 0.4) is 0 Å². The van der Waals surface area contributed by atoms with E-state index in [2.05, 4.69) is 15.1 Å². The Bertz CT molecular complexity index is 513. The zero-order valence-corrected chi connectivity index (χ0v) is 15.5. The molecule has 0 bridgehead atoms. The van der Waals surface area contributed by atoms with Gasteiger partial charge in [-0.05, 0) is 57.4 Å². The highest BCUT2D eigenvalue weighted by Gasteiger charge is 2.48. The maximum absolute atomic E-state index is 13.2. The first-order valence-corrected chi connectivity index (χ1v) is 10.5. The second-order valence-corrected chi connectivity index (χ2v) is 8.94. The van der Waals surface area contributed by atoms with Crippen molar-refractivity contribution in [2.24, 2.45) is 11.3 Å². The summed E-state index contributed by atoms with van der Waals surface area (Å²) in [5.41, 5.74) is -0.202. The van der Waals surface area contributed by atoms with Crippen LogP contribution in [-0.2, 0) is 9.59 Å². The third-order valence-corrected chi connectivity index (χ3v) is 6.77. The van der Waals surface area contributed by atoms with E-state index in [0.29, 0.717) is 18.5 Å². The molecule has 0 aromatic heterocycles. The van der Waals surface area contributed by atoms with Crippen molar-refractivity contribution in [1.82, 2.24) is 15.1 Å². The highest BCUT2D eigenvalue weighted by Crippen LogP contribution is 2.40. The van der Waals surface area contributed by atoms with Gasteiger partial charge in [0.25, 0.3) is 0 Å². The van der Waals surface area contributed by atoms with Crippen LogP contribution < -0.4 is 5.32 Å². The van der Waals surface area contributed by atoms with Crippen molar-refractivity contribution in [2.75, 3.05) is 32.7 Å². The zero-order chi connectivity index (χ0) is 17.3. The fourth-order valence-electron chi connectivity index (χ4n) is 5.18. The maximum Gasteiger partial charge on any atom is 0.234 e. The molecule has 0 aromatic rings. The molecule has 2 aliphatic heterocycles. The molecule has 4 fully saturated rings. The third kappa shape index (κ3) is 4.02. The molecule has 2 amide bonds. The first kappa shape index (κ1) is 17.3. The average molecular weight is 348 g/mol. The van der Waals surface area contributed by atoms with Crippen LogP contribution in [0, 0.1) is 11.3 Å². The Morgan fingerprint density at radius 1 is 1.04 bits per heavy atom. The van der Waals surface area contributed by atoms with E-state index < -0.39 is 0 Å². The van der Waals surface area contributed by atoms with Crippen molar-refractivity contribution in [3.8, 4) is 0 Å². The Balaban J connectivity index is 1.32. The van der Waals surface area contributed by atoms with Gasteiger partial charge >= 0.3 is 0 Å². The lowest BCUT2D eigenvalue weighted by Crippen LogP contribution is -2.51. The Kier molecular flexibility index (Phi) is 5.03. The quantitative estimate of drug-likeness (QED) is 0.829. The second kappa shape index (κ2) is 7.26. The summed E-state index contributed by atoms with van der Waals surface area (Å²) in [6.07, 6.45) is 12.0. The van der Waals surface area contributed by atoms with Crippen LogP contribution in [0.15, 0.2) is 0 Å². The molecule has 4 aliphatic rings. The van der Waals surface area contributed by atoms with Crippen molar-refractivity contribution < 1.29 is 9.59 Å². The molecule has 140 valence electrons. The lowest BCUT2D eigenvalue weighted by Gasteiger charge is -2.41. The Hall–Kier alpha value is -1.10. The fourth-order valence-corrected chi connectivity index (χ4v) is 5.18. The van der Waals surface area contributed by atoms with Crippen molar-refractivity contribution in [1.29, 1.82) is 0 Å². The molecule has 1 N–H and O–H groups in total. The topological polar surface area (TPSA) is 52.7 Å². The van der Waals surface area contributed by atoms with E-state index in [0.717, 1.165) is 64.2 Å². The summed E-state index contributed by atoms with van der Waals surface area (Å²) in [5.74, 6) is 1.24. The maximum atomic E-state index is 13.2. The molecule has 2 heterocycles. The van der Waals surface area contributed by atoms with Gasteiger partial charge in [0.15, 0.2) is 0 Å². The number of carbonyl (C=O) groups is 2. The van der Waals surface area contributed by atoms with E-state index in [4.69, 9.17) is 0 Å². The van der Waals surface area contributed by atoms with Gasteiger partial charge < -0.3 is 10.2 Å². The molecular weight excluding hydrogens is 314 g/mol. The summed E-state index contributed by atoms with van der Waals surface area (Å²) in [6.45, 7) is 4.06. The van der Waals surface area contributed by atoms with Gasteiger partial charge in [-0.3, -0.25) is 14.5 Å². The summed E-state index contributed by atoms with van der Waals surface area (Å²) in [5, 5.41) is 3.07. The number of amides is 2. The minimum absolute atomic E-state index is 0.141. The number of carbonyl (C=O) groups excluding carboxylic acids is 2. The average Bonchev–Trinajstić information content (AvgIpc) is 3.33. The van der Waals surface area contributed by atoms with Gasteiger partial charge in [-0.2, -0.15) is 0 Å². The molecule has 1 spiro atoms. The van der Waals surface area contributed by atoms with Crippen LogP contribution in [0.2, 0.25) is 0 Å². The number of hydrogen-bond acceptors (Lipinski definition) is 3. The molecule has 0 radical (unpaired) electrons. The number of hydrogen-bond donors (Lipinski definition) is 1. The van der Waals surface area contributed by atoms with Crippen molar-refractivity contribution in [3.63, 3.8) is 0 Å². The summed E-state index contributed by atoms with van der Waals surface area (Å²) in [4.78, 5) is 29.7. The number of piperidine rings is 1. The van der Waals surface area contributed by atoms with Crippen molar-refractivity contribution in [3.05, 3.63) is 0 Å². The highest BCUT2D eigenvalue weighted by atomic mass is 16.2. The smallest absolute Gasteiger partial charge is 0.234 e. The van der Waals surface area contributed by atoms with Gasteiger partial charge in [-0.15, -0.1) is 0 Å². The van der Waals surface area contributed by atoms with Gasteiger partial charge in [0.05, 0.1) is 12.0 Å². The van der Waals surface area contributed by atoms with E-state index in [1.54, 1.807) is 0 Å². The van der Waals surface area contributed by atoms with Crippen LogP contribution in [0.5, 0.6) is 0 Å². The predicted octanol–water partition coefficient (Wildman–Crippen LogP) is 2.16. The van der Waals surface area contributed by atoms with Crippen LogP contribution >= 0.6 is 0 Å². The summed E-state index contributed by atoms with van der Waals surface area (Å²) < 4.78 is 0. The van der Waals surface area contributed by atoms with Crippen LogP contribution in [0.1, 0.15) is 64.2 Å². The van der Waals surface area contributed by atoms with Crippen LogP contribution in [0.4, 0.5) is 0 Å². The molecule has 0 aromatic carbocycles. The van der Waals surface area contributed by atoms with Gasteiger partial charge in [-0.1, -0.05) is 19.3 Å². The minimum Gasteiger partial charge on any atom is -0.352 e. The van der Waals surface area contributed by atoms with Crippen molar-refractivity contribution >= 4 is 11.8 Å². The van der Waals surface area contributed by atoms with Gasteiger partial charge in [-0.25, -0.2) is 0 Å². The molecule has 1 atom stereocenters. The molecule has 4 rings (SSSR count). The molecule has 5 heteroatoms. The summed E-state index contributed by atoms with van der Waals surface area (Å²) in [6, 6.07) is 0.423. The molecule has 25 heavy (non-hydrogen) atoms. The van der Waals surface area contributed by atoms with Crippen molar-refractivity contribution in [2.45, 2.75) is 70.3 Å². The molecule has 0 unspecified atom stereocenters. The minimum atomic E-state index is -0.202. The standard InChI is InChI=1S/C20H33N3O2/c24-18(21-17-7-8-17)14-22-12-10-20(15-22)9-4-11-23(19(20)25)13-16-5-2-1-3-6-16/h16-17H,1-15H2,(H,21,24)/t20-/m0/s1. The van der Waals surface area contributed by atoms with E-state index in [-0.39, 0.29) is 11.3 Å². The van der Waals surface area contributed by atoms with Gasteiger partial charge in [0.1, 0.15) is 0 Å². The van der Waals surface area contributed by atoms with E-state index in [9.17, 15) is 9.59 Å². The molecule has 2 saturated carbocycles. The normalized spacial score (nSPS) is 31.7. The summed E-state index contributed by atoms with van der Waals surface area (Å²) >= 11 is 0. The number of rotatable bonds is 5. The van der Waals surface area contributed by atoms with Gasteiger partial charge in [0.2, 0.25) is 11.8 Å². The van der Waals surface area contributed by atoms with Gasteiger partial charge in [0, 0.05) is 25.7 Å². The highest BCUT2D eigenvalue weighted by molar-refractivity contribution is 5.84. The molecule has 2 aliphatic carbocycles. The number of nitrogens with one attached hydrogen (secondary N) is 1. The molecular formula is C20H33N3O2. The predicted molar refractivity (Wildman–Crippen MR) is 97.0 cm³/mol. The fraction of sp³-hybridized carbons (Fsp3) is 0.900. The van der Waals surface area contributed by atoms with E-state index >= 15 is 0 Å². The Morgan fingerprint density at radius 2 is 1.84 bits per heavy atom. The lowest BCUT2D eigenvalue weighted by molar-refractivity contribution is -0.146. The first-order valence-electron chi connectivity index (χ1n) is 10.5. The lowest BCUT2D eigenvalue weighted by atomic mass is 9.77. The Morgan fingerprint density at radius 3 is 2.60 bits per heavy atom.